The molecule has 0 spiro atoms. The number of hydrogen-bond donors (Lipinski definition) is 0. The van der Waals surface area contributed by atoms with Crippen LogP contribution in [0.25, 0.3) is 0 Å². The lowest BCUT2D eigenvalue weighted by molar-refractivity contribution is -0.274. The molecule has 84 valence electrons. The van der Waals surface area contributed by atoms with Gasteiger partial charge in [-0.15, -0.1) is 0 Å². The summed E-state index contributed by atoms with van der Waals surface area (Å²) in [6.45, 7) is 3.65. The molecule has 1 rings (SSSR count). The first-order chi connectivity index (χ1) is 6.40. The molecule has 4 heteroatoms. The molecule has 0 aromatic heterocycles. The quantitative estimate of drug-likeness (QED) is 0.642. The van der Waals surface area contributed by atoms with Crippen LogP contribution in [0.4, 0.5) is 13.2 Å². The monoisotopic (exact) mass is 209 g/mol. The van der Waals surface area contributed by atoms with Crippen molar-refractivity contribution in [3.8, 4) is 0 Å². The Kier molecular flexibility index (Phi) is 3.45. The van der Waals surface area contributed by atoms with Crippen LogP contribution < -0.4 is 0 Å². The number of hydrogen-bond acceptors (Lipinski definition) is 1. The molecule has 0 heterocycles. The maximum Gasteiger partial charge on any atom is 0.460 e. The van der Waals surface area contributed by atoms with E-state index in [1.54, 1.807) is 13.8 Å². The molecule has 0 N–H and O–H groups in total. The molecule has 0 atom stereocenters. The second-order valence-electron chi connectivity index (χ2n) is 4.32. The van der Waals surface area contributed by atoms with E-state index in [-0.39, 0.29) is 6.54 Å². The van der Waals surface area contributed by atoms with Gasteiger partial charge in [0, 0.05) is 12.1 Å². The summed E-state index contributed by atoms with van der Waals surface area (Å²) in [6, 6.07) is 0. The van der Waals surface area contributed by atoms with Gasteiger partial charge in [-0.1, -0.05) is 19.8 Å². The van der Waals surface area contributed by atoms with E-state index >= 15 is 0 Å². The van der Waals surface area contributed by atoms with Gasteiger partial charge in [0.15, 0.2) is 0 Å². The molecule has 1 fully saturated rings. The second-order valence-corrected chi connectivity index (χ2v) is 4.32. The normalized spacial score (nSPS) is 21.9. The van der Waals surface area contributed by atoms with Crippen molar-refractivity contribution in [2.45, 2.75) is 57.8 Å². The minimum atomic E-state index is -4.17. The van der Waals surface area contributed by atoms with E-state index in [9.17, 15) is 13.2 Å². The van der Waals surface area contributed by atoms with Crippen LogP contribution in [0.15, 0.2) is 0 Å². The summed E-state index contributed by atoms with van der Waals surface area (Å²) in [4.78, 5) is 0.729. The summed E-state index contributed by atoms with van der Waals surface area (Å²) in [5.74, 6) is 0. The molecule has 0 bridgehead atoms. The third kappa shape index (κ3) is 2.41. The molecule has 0 aliphatic heterocycles. The first kappa shape index (κ1) is 11.8. The van der Waals surface area contributed by atoms with E-state index in [1.165, 1.54) is 0 Å². The van der Waals surface area contributed by atoms with Crippen molar-refractivity contribution in [2.75, 3.05) is 6.54 Å². The van der Waals surface area contributed by atoms with Crippen LogP contribution in [0.2, 0.25) is 0 Å². The van der Waals surface area contributed by atoms with E-state index in [0.717, 1.165) is 17.7 Å². The van der Waals surface area contributed by atoms with Gasteiger partial charge in [0.25, 0.3) is 0 Å². The van der Waals surface area contributed by atoms with Crippen molar-refractivity contribution in [3.05, 3.63) is 0 Å². The van der Waals surface area contributed by atoms with E-state index in [1.807, 2.05) is 0 Å². The van der Waals surface area contributed by atoms with E-state index in [2.05, 4.69) is 0 Å². The van der Waals surface area contributed by atoms with Crippen molar-refractivity contribution < 1.29 is 13.2 Å². The Morgan fingerprint density at radius 2 is 1.71 bits per heavy atom. The van der Waals surface area contributed by atoms with Crippen molar-refractivity contribution in [1.29, 1.82) is 0 Å². The number of nitrogens with zero attached hydrogens (tertiary/aromatic N) is 1. The van der Waals surface area contributed by atoms with Crippen molar-refractivity contribution in [1.82, 2.24) is 4.90 Å². The number of rotatable bonds is 3. The van der Waals surface area contributed by atoms with Gasteiger partial charge in [0.2, 0.25) is 0 Å². The van der Waals surface area contributed by atoms with E-state index in [0.29, 0.717) is 19.3 Å². The predicted octanol–water partition coefficient (Wildman–Crippen LogP) is 3.55. The van der Waals surface area contributed by atoms with Crippen molar-refractivity contribution in [2.24, 2.45) is 0 Å². The van der Waals surface area contributed by atoms with Crippen LogP contribution in [-0.4, -0.2) is 23.3 Å². The summed E-state index contributed by atoms with van der Waals surface area (Å²) < 4.78 is 38.2. The fourth-order valence-electron chi connectivity index (χ4n) is 2.33. The molecule has 0 saturated heterocycles. The third-order valence-electron chi connectivity index (χ3n) is 3.09. The highest BCUT2D eigenvalue weighted by Crippen LogP contribution is 2.40. The van der Waals surface area contributed by atoms with Crippen LogP contribution in [0.1, 0.15) is 46.0 Å². The van der Waals surface area contributed by atoms with Gasteiger partial charge in [-0.2, -0.15) is 13.2 Å². The zero-order chi connectivity index (χ0) is 10.8. The highest BCUT2D eigenvalue weighted by atomic mass is 19.4. The van der Waals surface area contributed by atoms with Gasteiger partial charge in [-0.05, 0) is 26.2 Å². The summed E-state index contributed by atoms with van der Waals surface area (Å²) in [6.07, 6.45) is -0.428. The largest absolute Gasteiger partial charge is 0.460 e. The van der Waals surface area contributed by atoms with Gasteiger partial charge >= 0.3 is 6.30 Å². The van der Waals surface area contributed by atoms with Crippen LogP contribution >= 0.6 is 0 Å². The number of halogens is 3. The van der Waals surface area contributed by atoms with Crippen LogP contribution in [0.3, 0.4) is 0 Å². The Bertz CT molecular complexity index is 182. The van der Waals surface area contributed by atoms with Gasteiger partial charge < -0.3 is 0 Å². The molecule has 1 nitrogen and oxygen atoms in total. The summed E-state index contributed by atoms with van der Waals surface area (Å²) in [5, 5.41) is 0. The topological polar surface area (TPSA) is 3.24 Å². The van der Waals surface area contributed by atoms with Crippen LogP contribution in [-0.2, 0) is 0 Å². The lowest BCUT2D eigenvalue weighted by Crippen LogP contribution is -2.52. The minimum Gasteiger partial charge on any atom is -0.209 e. The van der Waals surface area contributed by atoms with E-state index < -0.39 is 11.8 Å². The zero-order valence-electron chi connectivity index (χ0n) is 8.82. The van der Waals surface area contributed by atoms with Gasteiger partial charge in [-0.25, -0.2) is 4.90 Å². The molecule has 0 aromatic carbocycles. The summed E-state index contributed by atoms with van der Waals surface area (Å²) >= 11 is 0. The Morgan fingerprint density at radius 1 is 1.21 bits per heavy atom. The molecular formula is C10H18F3N. The average molecular weight is 209 g/mol. The maximum atomic E-state index is 12.7. The van der Waals surface area contributed by atoms with E-state index in [4.69, 9.17) is 0 Å². The van der Waals surface area contributed by atoms with Gasteiger partial charge in [0.05, 0.1) is 0 Å². The van der Waals surface area contributed by atoms with Gasteiger partial charge in [0.1, 0.15) is 0 Å². The Morgan fingerprint density at radius 3 is 2.07 bits per heavy atom. The molecular weight excluding hydrogens is 191 g/mol. The molecule has 0 radical (unpaired) electrons. The van der Waals surface area contributed by atoms with Crippen LogP contribution in [0, 0.1) is 0 Å². The van der Waals surface area contributed by atoms with Gasteiger partial charge in [-0.3, -0.25) is 0 Å². The standard InChI is InChI=1S/C10H18F3N/c1-3-8-14(10(11,12)13)9(2)6-4-5-7-9/h3-8H2,1-2H3. The number of alkyl halides is 3. The first-order valence-electron chi connectivity index (χ1n) is 5.24. The zero-order valence-corrected chi connectivity index (χ0v) is 8.82. The Balaban J connectivity index is 2.75. The van der Waals surface area contributed by atoms with Crippen molar-refractivity contribution in [3.63, 3.8) is 0 Å². The highest BCUT2D eigenvalue weighted by molar-refractivity contribution is 4.91. The maximum absolute atomic E-state index is 12.7. The minimum absolute atomic E-state index is 0.125. The fraction of sp³-hybridized carbons (Fsp3) is 1.00. The second kappa shape index (κ2) is 4.09. The Hall–Kier alpha value is -0.250. The molecule has 1 saturated carbocycles. The lowest BCUT2D eigenvalue weighted by atomic mass is 9.98. The summed E-state index contributed by atoms with van der Waals surface area (Å²) in [5.41, 5.74) is -0.645. The summed E-state index contributed by atoms with van der Waals surface area (Å²) in [7, 11) is 0. The SMILES string of the molecule is CCCN(C(F)(F)F)C1(C)CCCC1. The molecule has 0 unspecified atom stereocenters. The Labute approximate surface area is 83.3 Å². The molecule has 1 aliphatic rings. The molecule has 1 aliphatic carbocycles. The molecule has 0 aromatic rings. The predicted molar refractivity (Wildman–Crippen MR) is 49.9 cm³/mol. The first-order valence-corrected chi connectivity index (χ1v) is 5.24. The fourth-order valence-corrected chi connectivity index (χ4v) is 2.33. The third-order valence-corrected chi connectivity index (χ3v) is 3.09. The van der Waals surface area contributed by atoms with Crippen molar-refractivity contribution >= 4 is 0 Å². The molecule has 14 heavy (non-hydrogen) atoms. The lowest BCUT2D eigenvalue weighted by Gasteiger charge is -2.39. The highest BCUT2D eigenvalue weighted by Gasteiger charge is 2.48. The van der Waals surface area contributed by atoms with Crippen LogP contribution in [0.5, 0.6) is 0 Å². The smallest absolute Gasteiger partial charge is 0.209 e. The molecule has 0 amide bonds. The average Bonchev–Trinajstić information content (AvgIpc) is 2.46.